The third-order valence-corrected chi connectivity index (χ3v) is 4.77. The van der Waals surface area contributed by atoms with Gasteiger partial charge in [-0.1, -0.05) is 19.3 Å². The molecule has 1 aliphatic carbocycles. The summed E-state index contributed by atoms with van der Waals surface area (Å²) < 4.78 is 2.23. The van der Waals surface area contributed by atoms with Crippen molar-refractivity contribution in [3.8, 4) is 0 Å². The summed E-state index contributed by atoms with van der Waals surface area (Å²) in [6.45, 7) is 1.60. The molecule has 0 atom stereocenters. The molecule has 1 aromatic heterocycles. The molecule has 1 fully saturated rings. The molecule has 6 nitrogen and oxygen atoms in total. The molecule has 0 aromatic carbocycles. The van der Waals surface area contributed by atoms with E-state index < -0.39 is 5.54 Å². The summed E-state index contributed by atoms with van der Waals surface area (Å²) in [6.07, 6.45) is 9.12. The van der Waals surface area contributed by atoms with Crippen LogP contribution in [0.3, 0.4) is 0 Å². The maximum atomic E-state index is 12.2. The van der Waals surface area contributed by atoms with E-state index in [9.17, 15) is 4.79 Å². The fourth-order valence-corrected chi connectivity index (χ4v) is 3.43. The Kier molecular flexibility index (Phi) is 4.24. The number of aromatic nitrogens is 3. The predicted molar refractivity (Wildman–Crippen MR) is 79.7 cm³/mol. The number of hydrogen-bond donors (Lipinski definition) is 2. The first kappa shape index (κ1) is 14.5. The van der Waals surface area contributed by atoms with Crippen LogP contribution in [0.1, 0.15) is 56.6 Å². The Balaban J connectivity index is 1.54. The second kappa shape index (κ2) is 6.13. The fourth-order valence-electron chi connectivity index (χ4n) is 3.43. The van der Waals surface area contributed by atoms with Gasteiger partial charge in [0, 0.05) is 25.9 Å². The lowest BCUT2D eigenvalue weighted by Gasteiger charge is -2.22. The first-order valence-electron chi connectivity index (χ1n) is 8.17. The Morgan fingerprint density at radius 3 is 2.81 bits per heavy atom. The molecule has 21 heavy (non-hydrogen) atoms. The van der Waals surface area contributed by atoms with Crippen molar-refractivity contribution in [3.05, 3.63) is 11.6 Å². The van der Waals surface area contributed by atoms with Crippen LogP contribution in [0, 0.1) is 0 Å². The molecule has 1 saturated carbocycles. The van der Waals surface area contributed by atoms with Crippen LogP contribution in [0.5, 0.6) is 0 Å². The highest BCUT2D eigenvalue weighted by molar-refractivity contribution is 5.86. The van der Waals surface area contributed by atoms with Gasteiger partial charge in [-0.3, -0.25) is 4.79 Å². The van der Waals surface area contributed by atoms with Crippen molar-refractivity contribution >= 4 is 5.91 Å². The van der Waals surface area contributed by atoms with E-state index in [-0.39, 0.29) is 5.91 Å². The van der Waals surface area contributed by atoms with E-state index in [1.165, 1.54) is 19.3 Å². The molecule has 1 aliphatic heterocycles. The number of nitrogens with one attached hydrogen (secondary N) is 1. The van der Waals surface area contributed by atoms with E-state index in [1.807, 2.05) is 0 Å². The summed E-state index contributed by atoms with van der Waals surface area (Å²) in [5.41, 5.74) is 5.51. The van der Waals surface area contributed by atoms with Crippen LogP contribution in [0.2, 0.25) is 0 Å². The molecule has 0 unspecified atom stereocenters. The first-order chi connectivity index (χ1) is 10.2. The lowest BCUT2D eigenvalue weighted by atomic mass is 9.98. The van der Waals surface area contributed by atoms with Gasteiger partial charge in [0.15, 0.2) is 0 Å². The molecule has 0 radical (unpaired) electrons. The van der Waals surface area contributed by atoms with Crippen LogP contribution < -0.4 is 11.1 Å². The minimum absolute atomic E-state index is 0.00407. The highest BCUT2D eigenvalue weighted by atomic mass is 16.2. The quantitative estimate of drug-likeness (QED) is 0.864. The average Bonchev–Trinajstić information content (AvgIpc) is 3.00. The summed E-state index contributed by atoms with van der Waals surface area (Å²) in [6, 6.07) is 0. The van der Waals surface area contributed by atoms with Crippen molar-refractivity contribution in [2.45, 2.75) is 69.9 Å². The lowest BCUT2D eigenvalue weighted by molar-refractivity contribution is -0.126. The standard InChI is InChI=1S/C15H25N5O/c16-15(8-3-4-9-15)14(21)17-10-7-13-19-18-12-6-2-1-5-11-20(12)13/h1-11,16H2,(H,17,21). The Morgan fingerprint density at radius 1 is 1.19 bits per heavy atom. The minimum atomic E-state index is -0.637. The summed E-state index contributed by atoms with van der Waals surface area (Å²) in [5, 5.41) is 11.5. The van der Waals surface area contributed by atoms with Gasteiger partial charge in [0.25, 0.3) is 0 Å². The first-order valence-corrected chi connectivity index (χ1v) is 8.17. The lowest BCUT2D eigenvalue weighted by Crippen LogP contribution is -2.52. The van der Waals surface area contributed by atoms with Crippen molar-refractivity contribution in [1.29, 1.82) is 0 Å². The molecule has 1 amide bonds. The molecule has 116 valence electrons. The van der Waals surface area contributed by atoms with Crippen molar-refractivity contribution in [1.82, 2.24) is 20.1 Å². The number of carbonyl (C=O) groups excluding carboxylic acids is 1. The van der Waals surface area contributed by atoms with Crippen LogP contribution in [0.15, 0.2) is 0 Å². The van der Waals surface area contributed by atoms with Crippen molar-refractivity contribution in [3.63, 3.8) is 0 Å². The Labute approximate surface area is 125 Å². The second-order valence-electron chi connectivity index (χ2n) is 6.36. The maximum absolute atomic E-state index is 12.2. The van der Waals surface area contributed by atoms with Crippen LogP contribution in [0.4, 0.5) is 0 Å². The van der Waals surface area contributed by atoms with Crippen molar-refractivity contribution in [2.75, 3.05) is 6.54 Å². The molecule has 0 bridgehead atoms. The normalized spacial score (nSPS) is 20.8. The molecule has 1 aromatic rings. The highest BCUT2D eigenvalue weighted by Gasteiger charge is 2.36. The van der Waals surface area contributed by atoms with E-state index >= 15 is 0 Å². The number of amides is 1. The summed E-state index contributed by atoms with van der Waals surface area (Å²) in [5.74, 6) is 2.08. The maximum Gasteiger partial charge on any atom is 0.240 e. The zero-order chi connectivity index (χ0) is 14.7. The van der Waals surface area contributed by atoms with E-state index in [2.05, 4.69) is 20.1 Å². The third-order valence-electron chi connectivity index (χ3n) is 4.77. The van der Waals surface area contributed by atoms with Crippen molar-refractivity contribution < 1.29 is 4.79 Å². The highest BCUT2D eigenvalue weighted by Crippen LogP contribution is 2.27. The number of aryl methyl sites for hydroxylation is 1. The van der Waals surface area contributed by atoms with E-state index in [0.717, 1.165) is 56.7 Å². The fraction of sp³-hybridized carbons (Fsp3) is 0.800. The average molecular weight is 291 g/mol. The molecule has 0 spiro atoms. The molecule has 6 heteroatoms. The Hall–Kier alpha value is -1.43. The monoisotopic (exact) mass is 291 g/mol. The van der Waals surface area contributed by atoms with E-state index in [1.54, 1.807) is 0 Å². The van der Waals surface area contributed by atoms with Gasteiger partial charge in [-0.2, -0.15) is 0 Å². The van der Waals surface area contributed by atoms with Gasteiger partial charge in [-0.15, -0.1) is 10.2 Å². The Morgan fingerprint density at radius 2 is 2.00 bits per heavy atom. The summed E-state index contributed by atoms with van der Waals surface area (Å²) in [7, 11) is 0. The second-order valence-corrected chi connectivity index (χ2v) is 6.36. The van der Waals surface area contributed by atoms with Gasteiger partial charge in [-0.05, 0) is 25.7 Å². The van der Waals surface area contributed by atoms with E-state index in [0.29, 0.717) is 6.54 Å². The van der Waals surface area contributed by atoms with E-state index in [4.69, 9.17) is 5.73 Å². The molecule has 3 N–H and O–H groups in total. The summed E-state index contributed by atoms with van der Waals surface area (Å²) in [4.78, 5) is 12.2. The van der Waals surface area contributed by atoms with Gasteiger partial charge in [0.2, 0.25) is 5.91 Å². The van der Waals surface area contributed by atoms with Gasteiger partial charge in [0.05, 0.1) is 5.54 Å². The summed E-state index contributed by atoms with van der Waals surface area (Å²) >= 11 is 0. The van der Waals surface area contributed by atoms with Crippen molar-refractivity contribution in [2.24, 2.45) is 5.73 Å². The topological polar surface area (TPSA) is 85.8 Å². The molecule has 3 rings (SSSR count). The Bertz CT molecular complexity index is 504. The smallest absolute Gasteiger partial charge is 0.240 e. The van der Waals surface area contributed by atoms with Gasteiger partial charge >= 0.3 is 0 Å². The number of nitrogens with two attached hydrogens (primary N) is 1. The zero-order valence-electron chi connectivity index (χ0n) is 12.6. The van der Waals surface area contributed by atoms with Gasteiger partial charge < -0.3 is 15.6 Å². The number of nitrogens with zero attached hydrogens (tertiary/aromatic N) is 3. The molecular formula is C15H25N5O. The minimum Gasteiger partial charge on any atom is -0.354 e. The number of carbonyl (C=O) groups is 1. The molecular weight excluding hydrogens is 266 g/mol. The molecule has 2 heterocycles. The van der Waals surface area contributed by atoms with Crippen LogP contribution >= 0.6 is 0 Å². The molecule has 2 aliphatic rings. The predicted octanol–water partition coefficient (Wildman–Crippen LogP) is 0.935. The van der Waals surface area contributed by atoms with Crippen LogP contribution in [0.25, 0.3) is 0 Å². The molecule has 0 saturated heterocycles. The zero-order valence-corrected chi connectivity index (χ0v) is 12.6. The third kappa shape index (κ3) is 3.10. The van der Waals surface area contributed by atoms with Crippen LogP contribution in [-0.4, -0.2) is 32.8 Å². The van der Waals surface area contributed by atoms with Gasteiger partial charge in [-0.25, -0.2) is 0 Å². The van der Waals surface area contributed by atoms with Crippen LogP contribution in [-0.2, 0) is 24.2 Å². The number of rotatable bonds is 4. The largest absolute Gasteiger partial charge is 0.354 e. The number of fused-ring (bicyclic) bond motifs is 1. The number of hydrogen-bond acceptors (Lipinski definition) is 4. The SMILES string of the molecule is NC1(C(=O)NCCc2nnc3n2CCCCC3)CCCC1. The van der Waals surface area contributed by atoms with Gasteiger partial charge in [0.1, 0.15) is 11.6 Å².